The van der Waals surface area contributed by atoms with Crippen molar-refractivity contribution < 1.29 is 0 Å². The average molecular weight is 371 g/mol. The van der Waals surface area contributed by atoms with E-state index in [0.717, 1.165) is 28.2 Å². The highest BCUT2D eigenvalue weighted by atomic mass is 79.9. The molecule has 0 bridgehead atoms. The van der Waals surface area contributed by atoms with Crippen LogP contribution in [0.4, 0.5) is 0 Å². The number of nitrogens with one attached hydrogen (secondary N) is 1. The van der Waals surface area contributed by atoms with E-state index in [0.29, 0.717) is 0 Å². The Morgan fingerprint density at radius 1 is 1.33 bits per heavy atom. The fourth-order valence-corrected chi connectivity index (χ4v) is 3.41. The summed E-state index contributed by atoms with van der Waals surface area (Å²) in [6, 6.07) is 6.44. The van der Waals surface area contributed by atoms with Gasteiger partial charge < -0.3 is 5.32 Å². The molecular weight excluding hydrogens is 350 g/mol. The van der Waals surface area contributed by atoms with E-state index in [1.165, 1.54) is 16.8 Å². The number of aromatic nitrogens is 2. The molecule has 3 nitrogen and oxygen atoms in total. The summed E-state index contributed by atoms with van der Waals surface area (Å²) in [6.45, 7) is 7.11. The van der Waals surface area contributed by atoms with Gasteiger partial charge in [0.2, 0.25) is 0 Å². The minimum absolute atomic E-state index is 0.221. The third-order valence-corrected chi connectivity index (χ3v) is 4.83. The van der Waals surface area contributed by atoms with E-state index in [2.05, 4.69) is 46.3 Å². The highest BCUT2D eigenvalue weighted by molar-refractivity contribution is 9.10. The smallest absolute Gasteiger partial charge is 0.0738 e. The number of likely N-dealkylation sites (N-methyl/N-ethyl adjacent to an activating group) is 1. The van der Waals surface area contributed by atoms with Crippen LogP contribution in [0.2, 0.25) is 5.02 Å². The predicted octanol–water partition coefficient (Wildman–Crippen LogP) is 4.35. The molecule has 1 heterocycles. The number of halogens is 2. The summed E-state index contributed by atoms with van der Waals surface area (Å²) in [5.74, 6) is 0. The van der Waals surface area contributed by atoms with Crippen LogP contribution in [0.5, 0.6) is 0 Å². The van der Waals surface area contributed by atoms with Crippen LogP contribution in [0.1, 0.15) is 35.5 Å². The molecule has 2 aromatic rings. The van der Waals surface area contributed by atoms with Crippen molar-refractivity contribution in [3.8, 4) is 0 Å². The Balaban J connectivity index is 2.35. The van der Waals surface area contributed by atoms with Crippen molar-refractivity contribution in [2.24, 2.45) is 7.05 Å². The van der Waals surface area contributed by atoms with Gasteiger partial charge in [-0.3, -0.25) is 4.68 Å². The fourth-order valence-electron chi connectivity index (χ4n) is 2.62. The molecule has 0 saturated carbocycles. The van der Waals surface area contributed by atoms with E-state index in [4.69, 9.17) is 11.6 Å². The monoisotopic (exact) mass is 369 g/mol. The summed E-state index contributed by atoms with van der Waals surface area (Å²) in [5.41, 5.74) is 4.61. The molecule has 0 radical (unpaired) electrons. The molecule has 0 aliphatic carbocycles. The van der Waals surface area contributed by atoms with Gasteiger partial charge in [-0.2, -0.15) is 5.10 Å². The average Bonchev–Trinajstić information content (AvgIpc) is 2.63. The van der Waals surface area contributed by atoms with Crippen molar-refractivity contribution in [3.63, 3.8) is 0 Å². The molecule has 1 aromatic heterocycles. The van der Waals surface area contributed by atoms with Gasteiger partial charge in [-0.1, -0.05) is 24.6 Å². The van der Waals surface area contributed by atoms with E-state index in [1.54, 1.807) is 0 Å². The molecule has 1 unspecified atom stereocenters. The Labute approximate surface area is 139 Å². The molecule has 0 fully saturated rings. The first kappa shape index (κ1) is 16.5. The third kappa shape index (κ3) is 3.87. The van der Waals surface area contributed by atoms with Crippen LogP contribution in [-0.2, 0) is 13.5 Å². The number of hydrogen-bond donors (Lipinski definition) is 1. The largest absolute Gasteiger partial charge is 0.310 e. The summed E-state index contributed by atoms with van der Waals surface area (Å²) in [5, 5.41) is 8.80. The molecule has 114 valence electrons. The Morgan fingerprint density at radius 2 is 2.05 bits per heavy atom. The third-order valence-electron chi connectivity index (χ3n) is 3.58. The van der Waals surface area contributed by atoms with Crippen molar-refractivity contribution in [1.82, 2.24) is 15.1 Å². The molecule has 21 heavy (non-hydrogen) atoms. The van der Waals surface area contributed by atoms with E-state index in [-0.39, 0.29) is 6.04 Å². The Morgan fingerprint density at radius 3 is 2.57 bits per heavy atom. The zero-order valence-corrected chi connectivity index (χ0v) is 15.2. The standard InChI is InChI=1S/C16H21BrClN3/c1-5-19-14(12-6-10(2)7-13(18)8-12)9-15-16(17)11(3)20-21(15)4/h6-8,14,19H,5,9H2,1-4H3. The van der Waals surface area contributed by atoms with Crippen LogP contribution in [0.15, 0.2) is 22.7 Å². The van der Waals surface area contributed by atoms with Crippen LogP contribution >= 0.6 is 27.5 Å². The maximum absolute atomic E-state index is 6.21. The number of hydrogen-bond acceptors (Lipinski definition) is 2. The van der Waals surface area contributed by atoms with Gasteiger partial charge in [0, 0.05) is 24.5 Å². The first-order valence-corrected chi connectivity index (χ1v) is 8.28. The van der Waals surface area contributed by atoms with Crippen LogP contribution in [0.25, 0.3) is 0 Å². The zero-order valence-electron chi connectivity index (χ0n) is 12.9. The lowest BCUT2D eigenvalue weighted by atomic mass is 10.00. The SMILES string of the molecule is CCNC(Cc1c(Br)c(C)nn1C)c1cc(C)cc(Cl)c1. The molecule has 2 rings (SSSR count). The van der Waals surface area contributed by atoms with Crippen LogP contribution in [0.3, 0.4) is 0 Å². The second-order valence-electron chi connectivity index (χ2n) is 5.35. The molecule has 1 N–H and O–H groups in total. The summed E-state index contributed by atoms with van der Waals surface area (Å²) in [4.78, 5) is 0. The van der Waals surface area contributed by atoms with Gasteiger partial charge in [0.25, 0.3) is 0 Å². The lowest BCUT2D eigenvalue weighted by Crippen LogP contribution is -2.24. The van der Waals surface area contributed by atoms with Crippen molar-refractivity contribution in [2.45, 2.75) is 33.2 Å². The molecule has 1 aromatic carbocycles. The van der Waals surface area contributed by atoms with Crippen molar-refractivity contribution in [3.05, 3.63) is 50.2 Å². The van der Waals surface area contributed by atoms with Crippen LogP contribution < -0.4 is 5.32 Å². The molecule has 0 aliphatic heterocycles. The van der Waals surface area contributed by atoms with Gasteiger partial charge in [-0.15, -0.1) is 0 Å². The first-order valence-electron chi connectivity index (χ1n) is 7.10. The topological polar surface area (TPSA) is 29.9 Å². The first-order chi connectivity index (χ1) is 9.92. The molecule has 1 atom stereocenters. The molecular formula is C16H21BrClN3. The number of aryl methyl sites for hydroxylation is 3. The Kier molecular flexibility index (Phi) is 5.47. The quantitative estimate of drug-likeness (QED) is 0.848. The van der Waals surface area contributed by atoms with Crippen LogP contribution in [-0.4, -0.2) is 16.3 Å². The molecule has 0 aliphatic rings. The summed E-state index contributed by atoms with van der Waals surface area (Å²) >= 11 is 9.85. The van der Waals surface area contributed by atoms with Gasteiger partial charge >= 0.3 is 0 Å². The van der Waals surface area contributed by atoms with Crippen molar-refractivity contribution in [1.29, 1.82) is 0 Å². The van der Waals surface area contributed by atoms with Crippen molar-refractivity contribution >= 4 is 27.5 Å². The van der Waals surface area contributed by atoms with Gasteiger partial charge in [-0.25, -0.2) is 0 Å². The van der Waals surface area contributed by atoms with Gasteiger partial charge in [-0.05, 0) is 59.6 Å². The summed E-state index contributed by atoms with van der Waals surface area (Å²) in [6.07, 6.45) is 0.867. The number of nitrogens with zero attached hydrogens (tertiary/aromatic N) is 2. The molecule has 0 spiro atoms. The second kappa shape index (κ2) is 6.95. The second-order valence-corrected chi connectivity index (χ2v) is 6.58. The Bertz CT molecular complexity index is 616. The minimum Gasteiger partial charge on any atom is -0.310 e. The lowest BCUT2D eigenvalue weighted by Gasteiger charge is -2.20. The lowest BCUT2D eigenvalue weighted by molar-refractivity contribution is 0.527. The maximum Gasteiger partial charge on any atom is 0.0738 e. The van der Waals surface area contributed by atoms with Crippen molar-refractivity contribution in [2.75, 3.05) is 6.54 Å². The highest BCUT2D eigenvalue weighted by Gasteiger charge is 2.18. The fraction of sp³-hybridized carbons (Fsp3) is 0.438. The minimum atomic E-state index is 0.221. The number of benzene rings is 1. The Hall–Kier alpha value is -0.840. The molecule has 0 amide bonds. The van der Waals surface area contributed by atoms with Gasteiger partial charge in [0.15, 0.2) is 0 Å². The predicted molar refractivity (Wildman–Crippen MR) is 92.0 cm³/mol. The number of rotatable bonds is 5. The van der Waals surface area contributed by atoms with Gasteiger partial charge in [0.1, 0.15) is 0 Å². The molecule has 0 saturated heterocycles. The normalized spacial score (nSPS) is 12.7. The summed E-state index contributed by atoms with van der Waals surface area (Å²) < 4.78 is 3.04. The summed E-state index contributed by atoms with van der Waals surface area (Å²) in [7, 11) is 1.99. The highest BCUT2D eigenvalue weighted by Crippen LogP contribution is 2.28. The van der Waals surface area contributed by atoms with Crippen LogP contribution in [0, 0.1) is 13.8 Å². The van der Waals surface area contributed by atoms with E-state index in [9.17, 15) is 0 Å². The zero-order chi connectivity index (χ0) is 15.6. The molecule has 5 heteroatoms. The van der Waals surface area contributed by atoms with E-state index < -0.39 is 0 Å². The van der Waals surface area contributed by atoms with E-state index >= 15 is 0 Å². The van der Waals surface area contributed by atoms with Gasteiger partial charge in [0.05, 0.1) is 15.9 Å². The van der Waals surface area contributed by atoms with E-state index in [1.807, 2.05) is 30.8 Å². The maximum atomic E-state index is 6.21.